The molecule has 0 aromatic heterocycles. The summed E-state index contributed by atoms with van der Waals surface area (Å²) in [5.41, 5.74) is 8.83. The predicted octanol–water partition coefficient (Wildman–Crippen LogP) is 1.16. The van der Waals surface area contributed by atoms with Gasteiger partial charge in [-0.15, -0.1) is 0 Å². The minimum Gasteiger partial charge on any atom is -0.337 e. The van der Waals surface area contributed by atoms with Crippen molar-refractivity contribution in [3.8, 4) is 0 Å². The van der Waals surface area contributed by atoms with E-state index in [1.54, 1.807) is 4.90 Å². The SMILES string of the molecule is CN1Cc2c(CCCN)cccc2C1=O. The third-order valence-electron chi connectivity index (χ3n) is 2.90. The average Bonchev–Trinajstić information content (AvgIpc) is 2.53. The van der Waals surface area contributed by atoms with Crippen molar-refractivity contribution in [2.75, 3.05) is 13.6 Å². The minimum atomic E-state index is 0.139. The molecule has 0 saturated heterocycles. The van der Waals surface area contributed by atoms with Crippen LogP contribution in [0, 0.1) is 0 Å². The Labute approximate surface area is 89.9 Å². The first kappa shape index (κ1) is 10.2. The fourth-order valence-corrected chi connectivity index (χ4v) is 2.06. The number of amides is 1. The lowest BCUT2D eigenvalue weighted by molar-refractivity contribution is 0.0816. The van der Waals surface area contributed by atoms with E-state index in [0.717, 1.165) is 24.9 Å². The molecule has 0 atom stereocenters. The van der Waals surface area contributed by atoms with Crippen molar-refractivity contribution < 1.29 is 4.79 Å². The van der Waals surface area contributed by atoms with Crippen LogP contribution in [0.15, 0.2) is 18.2 Å². The Bertz CT molecular complexity index is 387. The van der Waals surface area contributed by atoms with Gasteiger partial charge in [-0.25, -0.2) is 0 Å². The van der Waals surface area contributed by atoms with Gasteiger partial charge in [-0.3, -0.25) is 4.79 Å². The van der Waals surface area contributed by atoms with E-state index in [4.69, 9.17) is 5.73 Å². The van der Waals surface area contributed by atoms with Gasteiger partial charge >= 0.3 is 0 Å². The molecular formula is C12H16N2O. The first-order valence-electron chi connectivity index (χ1n) is 5.30. The van der Waals surface area contributed by atoms with E-state index in [2.05, 4.69) is 6.07 Å². The Morgan fingerprint density at radius 2 is 2.27 bits per heavy atom. The minimum absolute atomic E-state index is 0.139. The molecule has 80 valence electrons. The molecule has 1 aromatic carbocycles. The monoisotopic (exact) mass is 204 g/mol. The van der Waals surface area contributed by atoms with Crippen molar-refractivity contribution in [2.24, 2.45) is 5.73 Å². The molecule has 1 aliphatic rings. The zero-order valence-electron chi connectivity index (χ0n) is 8.99. The molecule has 3 nitrogen and oxygen atoms in total. The van der Waals surface area contributed by atoms with Crippen LogP contribution in [0.1, 0.15) is 27.9 Å². The number of nitrogens with two attached hydrogens (primary N) is 1. The third kappa shape index (κ3) is 1.75. The second-order valence-corrected chi connectivity index (χ2v) is 4.00. The molecule has 0 saturated carbocycles. The Kier molecular flexibility index (Phi) is 2.73. The molecule has 2 rings (SSSR count). The summed E-state index contributed by atoms with van der Waals surface area (Å²) in [5.74, 6) is 0.139. The van der Waals surface area contributed by atoms with Gasteiger partial charge in [-0.1, -0.05) is 12.1 Å². The molecule has 0 aliphatic carbocycles. The van der Waals surface area contributed by atoms with Crippen LogP contribution in [-0.4, -0.2) is 24.4 Å². The number of rotatable bonds is 3. The number of carbonyl (C=O) groups excluding carboxylic acids is 1. The molecule has 0 unspecified atom stereocenters. The molecule has 2 N–H and O–H groups in total. The second kappa shape index (κ2) is 4.03. The maximum absolute atomic E-state index is 11.7. The van der Waals surface area contributed by atoms with Gasteiger partial charge in [-0.05, 0) is 36.6 Å². The van der Waals surface area contributed by atoms with Gasteiger partial charge in [0.05, 0.1) is 0 Å². The lowest BCUT2D eigenvalue weighted by Gasteiger charge is -2.07. The molecule has 1 heterocycles. The molecule has 1 aliphatic heterocycles. The van der Waals surface area contributed by atoms with Gasteiger partial charge in [0.15, 0.2) is 0 Å². The Morgan fingerprint density at radius 1 is 1.47 bits per heavy atom. The molecule has 1 amide bonds. The van der Waals surface area contributed by atoms with Gasteiger partial charge < -0.3 is 10.6 Å². The quantitative estimate of drug-likeness (QED) is 0.803. The topological polar surface area (TPSA) is 46.3 Å². The fraction of sp³-hybridized carbons (Fsp3) is 0.417. The molecule has 0 fully saturated rings. The number of carbonyl (C=O) groups is 1. The fourth-order valence-electron chi connectivity index (χ4n) is 2.06. The molecule has 0 spiro atoms. The number of nitrogens with zero attached hydrogens (tertiary/aromatic N) is 1. The first-order chi connectivity index (χ1) is 7.24. The molecule has 15 heavy (non-hydrogen) atoms. The largest absolute Gasteiger partial charge is 0.337 e. The Balaban J connectivity index is 2.32. The summed E-state index contributed by atoms with van der Waals surface area (Å²) in [6.07, 6.45) is 1.95. The van der Waals surface area contributed by atoms with Crippen LogP contribution in [0.3, 0.4) is 0 Å². The zero-order valence-corrected chi connectivity index (χ0v) is 8.99. The highest BCUT2D eigenvalue weighted by Crippen LogP contribution is 2.25. The van der Waals surface area contributed by atoms with E-state index < -0.39 is 0 Å². The number of benzene rings is 1. The lowest BCUT2D eigenvalue weighted by atomic mass is 10.00. The molecule has 0 radical (unpaired) electrons. The van der Waals surface area contributed by atoms with Crippen molar-refractivity contribution in [3.05, 3.63) is 34.9 Å². The van der Waals surface area contributed by atoms with Crippen LogP contribution in [0.5, 0.6) is 0 Å². The number of hydrogen-bond acceptors (Lipinski definition) is 2. The third-order valence-corrected chi connectivity index (χ3v) is 2.90. The zero-order chi connectivity index (χ0) is 10.8. The van der Waals surface area contributed by atoms with E-state index in [1.165, 1.54) is 11.1 Å². The maximum atomic E-state index is 11.7. The van der Waals surface area contributed by atoms with Gasteiger partial charge in [0, 0.05) is 19.2 Å². The summed E-state index contributed by atoms with van der Waals surface area (Å²) in [5, 5.41) is 0. The smallest absolute Gasteiger partial charge is 0.254 e. The van der Waals surface area contributed by atoms with E-state index in [9.17, 15) is 4.79 Å². The average molecular weight is 204 g/mol. The summed E-state index contributed by atoms with van der Waals surface area (Å²) in [4.78, 5) is 13.5. The van der Waals surface area contributed by atoms with Crippen molar-refractivity contribution in [1.82, 2.24) is 4.90 Å². The van der Waals surface area contributed by atoms with E-state index in [0.29, 0.717) is 6.54 Å². The normalized spacial score (nSPS) is 14.5. The first-order valence-corrected chi connectivity index (χ1v) is 5.30. The van der Waals surface area contributed by atoms with Crippen LogP contribution in [0.4, 0.5) is 0 Å². The summed E-state index contributed by atoms with van der Waals surface area (Å²) in [7, 11) is 1.84. The van der Waals surface area contributed by atoms with Gasteiger partial charge in [-0.2, -0.15) is 0 Å². The van der Waals surface area contributed by atoms with E-state index >= 15 is 0 Å². The summed E-state index contributed by atoms with van der Waals surface area (Å²) in [6, 6.07) is 5.97. The highest BCUT2D eigenvalue weighted by molar-refractivity contribution is 5.98. The molecular weight excluding hydrogens is 188 g/mol. The van der Waals surface area contributed by atoms with Crippen LogP contribution in [-0.2, 0) is 13.0 Å². The van der Waals surface area contributed by atoms with Gasteiger partial charge in [0.1, 0.15) is 0 Å². The van der Waals surface area contributed by atoms with Crippen LogP contribution in [0.25, 0.3) is 0 Å². The number of aryl methyl sites for hydroxylation is 1. The summed E-state index contributed by atoms with van der Waals surface area (Å²) >= 11 is 0. The van der Waals surface area contributed by atoms with E-state index in [-0.39, 0.29) is 5.91 Å². The Hall–Kier alpha value is -1.35. The van der Waals surface area contributed by atoms with Gasteiger partial charge in [0.2, 0.25) is 0 Å². The highest BCUT2D eigenvalue weighted by atomic mass is 16.2. The lowest BCUT2D eigenvalue weighted by Crippen LogP contribution is -2.17. The van der Waals surface area contributed by atoms with Crippen LogP contribution < -0.4 is 5.73 Å². The van der Waals surface area contributed by atoms with E-state index in [1.807, 2.05) is 19.2 Å². The molecule has 1 aromatic rings. The van der Waals surface area contributed by atoms with Crippen LogP contribution >= 0.6 is 0 Å². The van der Waals surface area contributed by atoms with Gasteiger partial charge in [0.25, 0.3) is 5.91 Å². The predicted molar refractivity (Wildman–Crippen MR) is 59.6 cm³/mol. The van der Waals surface area contributed by atoms with Crippen molar-refractivity contribution >= 4 is 5.91 Å². The van der Waals surface area contributed by atoms with Crippen LogP contribution in [0.2, 0.25) is 0 Å². The summed E-state index contributed by atoms with van der Waals surface area (Å²) in [6.45, 7) is 1.45. The number of hydrogen-bond donors (Lipinski definition) is 1. The van der Waals surface area contributed by atoms with Crippen molar-refractivity contribution in [2.45, 2.75) is 19.4 Å². The highest BCUT2D eigenvalue weighted by Gasteiger charge is 2.25. The standard InChI is InChI=1S/C12H16N2O/c1-14-8-11-9(5-3-7-13)4-2-6-10(11)12(14)15/h2,4,6H,3,5,7-8,13H2,1H3. The van der Waals surface area contributed by atoms with Crippen molar-refractivity contribution in [3.63, 3.8) is 0 Å². The Morgan fingerprint density at radius 3 is 3.00 bits per heavy atom. The summed E-state index contributed by atoms with van der Waals surface area (Å²) < 4.78 is 0. The second-order valence-electron chi connectivity index (χ2n) is 4.00. The maximum Gasteiger partial charge on any atom is 0.254 e. The molecule has 3 heteroatoms. The van der Waals surface area contributed by atoms with Crippen molar-refractivity contribution in [1.29, 1.82) is 0 Å². The number of fused-ring (bicyclic) bond motifs is 1. The molecule has 0 bridgehead atoms.